The van der Waals surface area contributed by atoms with E-state index in [2.05, 4.69) is 0 Å². The van der Waals surface area contributed by atoms with Gasteiger partial charge in [0.15, 0.2) is 5.78 Å². The molecule has 7 heteroatoms. The minimum atomic E-state index is -1.15. The second-order valence-electron chi connectivity index (χ2n) is 3.46. The van der Waals surface area contributed by atoms with Crippen molar-refractivity contribution >= 4 is 17.8 Å². The van der Waals surface area contributed by atoms with Crippen LogP contribution in [0.25, 0.3) is 0 Å². The number of amides is 2. The molecule has 1 rings (SSSR count). The summed E-state index contributed by atoms with van der Waals surface area (Å²) in [5, 5.41) is 8.66. The number of likely N-dealkylation sites (tertiary alicyclic amines) is 1. The first-order valence-electron chi connectivity index (χ1n) is 4.50. The van der Waals surface area contributed by atoms with Crippen molar-refractivity contribution in [2.45, 2.75) is 24.9 Å². The number of hydrogen-bond acceptors (Lipinski definition) is 4. The maximum atomic E-state index is 11.5. The molecule has 84 valence electrons. The Bertz CT molecular complexity index is 304. The molecule has 0 bridgehead atoms. The van der Waals surface area contributed by atoms with Gasteiger partial charge in [-0.25, -0.2) is 4.79 Å². The zero-order valence-electron chi connectivity index (χ0n) is 8.05. The van der Waals surface area contributed by atoms with Crippen molar-refractivity contribution in [3.8, 4) is 0 Å². The SMILES string of the molecule is NC(=O)C[C@H](N)C(=O)C1CCN1C(=O)O. The van der Waals surface area contributed by atoms with E-state index in [-0.39, 0.29) is 6.42 Å². The van der Waals surface area contributed by atoms with Gasteiger partial charge in [0, 0.05) is 13.0 Å². The summed E-state index contributed by atoms with van der Waals surface area (Å²) in [6, 6.07) is -1.72. The molecule has 1 aliphatic heterocycles. The lowest BCUT2D eigenvalue weighted by atomic mass is 9.93. The summed E-state index contributed by atoms with van der Waals surface area (Å²) in [7, 11) is 0. The number of carbonyl (C=O) groups excluding carboxylic acids is 2. The van der Waals surface area contributed by atoms with Gasteiger partial charge in [-0.15, -0.1) is 0 Å². The maximum Gasteiger partial charge on any atom is 0.407 e. The normalized spacial score (nSPS) is 21.7. The van der Waals surface area contributed by atoms with E-state index in [0.29, 0.717) is 13.0 Å². The van der Waals surface area contributed by atoms with Crippen LogP contribution in [0.4, 0.5) is 4.79 Å². The number of nitrogens with two attached hydrogens (primary N) is 2. The molecule has 0 radical (unpaired) electrons. The molecule has 0 saturated carbocycles. The fourth-order valence-electron chi connectivity index (χ4n) is 1.48. The number of carboxylic acid groups (broad SMARTS) is 1. The maximum absolute atomic E-state index is 11.5. The Morgan fingerprint density at radius 2 is 2.07 bits per heavy atom. The number of nitrogens with zero attached hydrogens (tertiary/aromatic N) is 1. The van der Waals surface area contributed by atoms with E-state index in [1.807, 2.05) is 0 Å². The van der Waals surface area contributed by atoms with Gasteiger partial charge in [0.2, 0.25) is 5.91 Å². The molecule has 1 unspecified atom stereocenters. The van der Waals surface area contributed by atoms with Gasteiger partial charge >= 0.3 is 6.09 Å². The second-order valence-corrected chi connectivity index (χ2v) is 3.46. The van der Waals surface area contributed by atoms with Gasteiger partial charge in [0.25, 0.3) is 0 Å². The van der Waals surface area contributed by atoms with Crippen LogP contribution >= 0.6 is 0 Å². The van der Waals surface area contributed by atoms with E-state index in [0.717, 1.165) is 4.90 Å². The van der Waals surface area contributed by atoms with Crippen molar-refractivity contribution in [1.82, 2.24) is 4.90 Å². The highest BCUT2D eigenvalue weighted by Crippen LogP contribution is 2.19. The standard InChI is InChI=1S/C8H13N3O4/c9-4(3-6(10)12)7(13)5-1-2-11(5)8(14)15/h4-5H,1-3,9H2,(H2,10,12)(H,14,15)/t4-,5?/m0/s1. The minimum absolute atomic E-state index is 0.247. The Morgan fingerprint density at radius 1 is 1.47 bits per heavy atom. The van der Waals surface area contributed by atoms with Gasteiger partial charge in [-0.3, -0.25) is 14.5 Å². The second kappa shape index (κ2) is 4.26. The van der Waals surface area contributed by atoms with Gasteiger partial charge in [-0.05, 0) is 6.42 Å². The fourth-order valence-corrected chi connectivity index (χ4v) is 1.48. The minimum Gasteiger partial charge on any atom is -0.465 e. The highest BCUT2D eigenvalue weighted by atomic mass is 16.4. The van der Waals surface area contributed by atoms with Crippen LogP contribution in [0, 0.1) is 0 Å². The molecule has 1 fully saturated rings. The predicted octanol–water partition coefficient (Wildman–Crippen LogP) is -1.49. The molecule has 0 aliphatic carbocycles. The topological polar surface area (TPSA) is 127 Å². The number of carbonyl (C=O) groups is 3. The van der Waals surface area contributed by atoms with Crippen LogP contribution in [0.2, 0.25) is 0 Å². The summed E-state index contributed by atoms with van der Waals surface area (Å²) in [6.45, 7) is 0.328. The third kappa shape index (κ3) is 2.44. The van der Waals surface area contributed by atoms with Gasteiger partial charge in [0.1, 0.15) is 0 Å². The highest BCUT2D eigenvalue weighted by molar-refractivity contribution is 5.95. The van der Waals surface area contributed by atoms with Crippen molar-refractivity contribution in [1.29, 1.82) is 0 Å². The molecule has 1 aliphatic rings. The molecule has 2 atom stereocenters. The van der Waals surface area contributed by atoms with Gasteiger partial charge in [0.05, 0.1) is 12.1 Å². The Morgan fingerprint density at radius 3 is 2.40 bits per heavy atom. The zero-order chi connectivity index (χ0) is 11.6. The summed E-state index contributed by atoms with van der Waals surface area (Å²) >= 11 is 0. The molecule has 5 N–H and O–H groups in total. The van der Waals surface area contributed by atoms with Gasteiger partial charge < -0.3 is 16.6 Å². The van der Waals surface area contributed by atoms with Crippen LogP contribution in [0.1, 0.15) is 12.8 Å². The quantitative estimate of drug-likeness (QED) is 0.526. The number of Topliss-reactive ketones (excluding diaryl/α,β-unsaturated/α-hetero) is 1. The third-order valence-electron chi connectivity index (χ3n) is 2.38. The summed E-state index contributed by atoms with van der Waals surface area (Å²) in [5.74, 6) is -1.11. The smallest absolute Gasteiger partial charge is 0.407 e. The van der Waals surface area contributed by atoms with Gasteiger partial charge in [-0.1, -0.05) is 0 Å². The Kier molecular flexibility index (Phi) is 3.25. The molecule has 15 heavy (non-hydrogen) atoms. The van der Waals surface area contributed by atoms with Crippen LogP contribution in [0.5, 0.6) is 0 Å². The molecule has 7 nitrogen and oxygen atoms in total. The molecular formula is C8H13N3O4. The molecule has 0 aromatic rings. The van der Waals surface area contributed by atoms with Crippen LogP contribution in [-0.4, -0.2) is 46.4 Å². The predicted molar refractivity (Wildman–Crippen MR) is 49.9 cm³/mol. The number of hydrogen-bond donors (Lipinski definition) is 3. The van der Waals surface area contributed by atoms with E-state index in [9.17, 15) is 14.4 Å². The first-order chi connectivity index (χ1) is 6.93. The highest BCUT2D eigenvalue weighted by Gasteiger charge is 2.39. The van der Waals surface area contributed by atoms with E-state index in [1.165, 1.54) is 0 Å². The average molecular weight is 215 g/mol. The summed E-state index contributed by atoms with van der Waals surface area (Å²) in [6.07, 6.45) is -0.939. The van der Waals surface area contributed by atoms with Crippen molar-refractivity contribution in [3.63, 3.8) is 0 Å². The van der Waals surface area contributed by atoms with Crippen molar-refractivity contribution in [3.05, 3.63) is 0 Å². The Balaban J connectivity index is 2.53. The van der Waals surface area contributed by atoms with Crippen LogP contribution in [0.3, 0.4) is 0 Å². The lowest BCUT2D eigenvalue weighted by Gasteiger charge is -2.38. The van der Waals surface area contributed by atoms with Gasteiger partial charge in [-0.2, -0.15) is 0 Å². The largest absolute Gasteiger partial charge is 0.465 e. The molecule has 1 saturated heterocycles. The lowest BCUT2D eigenvalue weighted by Crippen LogP contribution is -2.58. The molecule has 1 heterocycles. The van der Waals surface area contributed by atoms with E-state index in [4.69, 9.17) is 16.6 Å². The monoisotopic (exact) mass is 215 g/mol. The van der Waals surface area contributed by atoms with E-state index >= 15 is 0 Å². The zero-order valence-corrected chi connectivity index (χ0v) is 8.05. The average Bonchev–Trinajstić information content (AvgIpc) is 1.99. The first kappa shape index (κ1) is 11.4. The molecular weight excluding hydrogens is 202 g/mol. The van der Waals surface area contributed by atoms with Crippen molar-refractivity contribution < 1.29 is 19.5 Å². The Hall–Kier alpha value is -1.63. The first-order valence-corrected chi connectivity index (χ1v) is 4.50. The number of ketones is 1. The molecule has 2 amide bonds. The lowest BCUT2D eigenvalue weighted by molar-refractivity contribution is -0.131. The van der Waals surface area contributed by atoms with Crippen molar-refractivity contribution in [2.24, 2.45) is 11.5 Å². The molecule has 0 aromatic carbocycles. The van der Waals surface area contributed by atoms with E-state index in [1.54, 1.807) is 0 Å². The molecule has 0 spiro atoms. The Labute approximate surface area is 86.0 Å². The summed E-state index contributed by atoms with van der Waals surface area (Å²) < 4.78 is 0. The van der Waals surface area contributed by atoms with Crippen LogP contribution in [0.15, 0.2) is 0 Å². The third-order valence-corrected chi connectivity index (χ3v) is 2.38. The van der Waals surface area contributed by atoms with E-state index < -0.39 is 29.9 Å². The van der Waals surface area contributed by atoms with Crippen LogP contribution < -0.4 is 11.5 Å². The summed E-state index contributed by atoms with van der Waals surface area (Å²) in [4.78, 5) is 33.6. The van der Waals surface area contributed by atoms with Crippen molar-refractivity contribution in [2.75, 3.05) is 6.54 Å². The number of primary amides is 1. The number of rotatable bonds is 4. The van der Waals surface area contributed by atoms with Crippen LogP contribution in [-0.2, 0) is 9.59 Å². The fraction of sp³-hybridized carbons (Fsp3) is 0.625. The molecule has 0 aromatic heterocycles. The summed E-state index contributed by atoms with van der Waals surface area (Å²) in [5.41, 5.74) is 10.3.